The molecule has 0 saturated carbocycles. The van der Waals surface area contributed by atoms with Crippen molar-refractivity contribution in [3.8, 4) is 0 Å². The van der Waals surface area contributed by atoms with E-state index < -0.39 is 0 Å². The molecule has 1 aromatic rings. The van der Waals surface area contributed by atoms with E-state index in [4.69, 9.17) is 0 Å². The average Bonchev–Trinajstić information content (AvgIpc) is 2.24. The number of fused-ring (bicyclic) bond motifs is 1. The number of nitrogens with one attached hydrogen (secondary N) is 1. The van der Waals surface area contributed by atoms with Gasteiger partial charge < -0.3 is 5.32 Å². The van der Waals surface area contributed by atoms with Crippen LogP contribution in [0.1, 0.15) is 36.8 Å². The Hall–Kier alpha value is -1.24. The number of unbranched alkanes of at least 4 members (excludes halogenated alkanes) is 3. The van der Waals surface area contributed by atoms with Crippen LogP contribution in [0, 0.1) is 6.92 Å². The highest BCUT2D eigenvalue weighted by atomic mass is 14.9. The summed E-state index contributed by atoms with van der Waals surface area (Å²) in [7, 11) is 0. The summed E-state index contributed by atoms with van der Waals surface area (Å²) < 4.78 is 0. The summed E-state index contributed by atoms with van der Waals surface area (Å²) in [6, 6.07) is 8.51. The molecule has 0 atom stereocenters. The average molecular weight is 200 g/mol. The third kappa shape index (κ3) is 2.41. The van der Waals surface area contributed by atoms with Gasteiger partial charge in [-0.1, -0.05) is 50.5 Å². The zero-order valence-electron chi connectivity index (χ0n) is 9.13. The van der Waals surface area contributed by atoms with E-state index in [1.54, 1.807) is 0 Å². The Labute approximate surface area is 92.2 Å². The minimum atomic E-state index is 1.06. The van der Waals surface area contributed by atoms with Gasteiger partial charge in [0, 0.05) is 17.8 Å². The Morgan fingerprint density at radius 1 is 1.07 bits per heavy atom. The summed E-state index contributed by atoms with van der Waals surface area (Å²) in [5, 5.41) is 3.47. The first-order chi connectivity index (χ1) is 7.42. The molecule has 0 unspecified atom stereocenters. The third-order valence-corrected chi connectivity index (χ3v) is 2.79. The van der Waals surface area contributed by atoms with Gasteiger partial charge in [0.15, 0.2) is 0 Å². The second kappa shape index (κ2) is 5.01. The molecule has 0 amide bonds. The normalized spacial score (nSPS) is 12.7. The molecule has 1 N–H and O–H groups in total. The zero-order valence-corrected chi connectivity index (χ0v) is 9.13. The van der Waals surface area contributed by atoms with Gasteiger partial charge in [0.25, 0.3) is 0 Å². The summed E-state index contributed by atoms with van der Waals surface area (Å²) in [6.07, 6.45) is 7.06. The van der Waals surface area contributed by atoms with Crippen LogP contribution in [0.2, 0.25) is 0 Å². The van der Waals surface area contributed by atoms with Crippen molar-refractivity contribution in [1.82, 2.24) is 5.32 Å². The van der Waals surface area contributed by atoms with Crippen molar-refractivity contribution in [3.05, 3.63) is 42.3 Å². The van der Waals surface area contributed by atoms with Crippen LogP contribution in [0.25, 0.3) is 11.8 Å². The van der Waals surface area contributed by atoms with E-state index in [1.165, 1.54) is 36.1 Å². The van der Waals surface area contributed by atoms with Crippen LogP contribution in [0.3, 0.4) is 0 Å². The van der Waals surface area contributed by atoms with Gasteiger partial charge >= 0.3 is 0 Å². The lowest BCUT2D eigenvalue weighted by Crippen LogP contribution is -2.18. The molecule has 1 aliphatic carbocycles. The lowest BCUT2D eigenvalue weighted by molar-refractivity contribution is 0.665. The highest BCUT2D eigenvalue weighted by Crippen LogP contribution is 2.29. The molecule has 2 rings (SSSR count). The SMILES string of the molecule is [CH2]CCCCCNC1=Cc2ccccc21. The van der Waals surface area contributed by atoms with Crippen molar-refractivity contribution in [3.63, 3.8) is 0 Å². The van der Waals surface area contributed by atoms with Crippen LogP contribution in [0.4, 0.5) is 0 Å². The van der Waals surface area contributed by atoms with Crippen molar-refractivity contribution < 1.29 is 0 Å². The fourth-order valence-corrected chi connectivity index (χ4v) is 1.87. The van der Waals surface area contributed by atoms with Crippen molar-refractivity contribution >= 4 is 11.8 Å². The summed E-state index contributed by atoms with van der Waals surface area (Å²) in [5.41, 5.74) is 4.03. The third-order valence-electron chi connectivity index (χ3n) is 2.79. The van der Waals surface area contributed by atoms with Gasteiger partial charge in [0.05, 0.1) is 0 Å². The molecule has 1 aliphatic rings. The van der Waals surface area contributed by atoms with Gasteiger partial charge in [-0.15, -0.1) is 0 Å². The lowest BCUT2D eigenvalue weighted by atomic mass is 9.94. The van der Waals surface area contributed by atoms with E-state index in [1.807, 2.05) is 0 Å². The van der Waals surface area contributed by atoms with Gasteiger partial charge in [0.1, 0.15) is 0 Å². The quantitative estimate of drug-likeness (QED) is 0.693. The fourth-order valence-electron chi connectivity index (χ4n) is 1.87. The molecule has 1 nitrogen and oxygen atoms in total. The predicted octanol–water partition coefficient (Wildman–Crippen LogP) is 3.48. The maximum absolute atomic E-state index is 3.84. The Balaban J connectivity index is 1.71. The first kappa shape index (κ1) is 10.3. The Bertz CT molecular complexity index is 352. The first-order valence-corrected chi connectivity index (χ1v) is 5.76. The van der Waals surface area contributed by atoms with Crippen LogP contribution >= 0.6 is 0 Å². The van der Waals surface area contributed by atoms with Crippen molar-refractivity contribution in [2.45, 2.75) is 25.7 Å². The number of hydrogen-bond acceptors (Lipinski definition) is 1. The summed E-state index contributed by atoms with van der Waals surface area (Å²) in [4.78, 5) is 0. The van der Waals surface area contributed by atoms with E-state index in [0.29, 0.717) is 0 Å². The monoisotopic (exact) mass is 200 g/mol. The van der Waals surface area contributed by atoms with Crippen LogP contribution in [0.5, 0.6) is 0 Å². The largest absolute Gasteiger partial charge is 0.385 e. The fraction of sp³-hybridized carbons (Fsp3) is 0.357. The minimum Gasteiger partial charge on any atom is -0.385 e. The Kier molecular flexibility index (Phi) is 3.44. The molecule has 0 fully saturated rings. The smallest absolute Gasteiger partial charge is 0.0426 e. The maximum Gasteiger partial charge on any atom is 0.0426 e. The molecule has 15 heavy (non-hydrogen) atoms. The number of hydrogen-bond donors (Lipinski definition) is 1. The molecule has 1 radical (unpaired) electrons. The van der Waals surface area contributed by atoms with E-state index >= 15 is 0 Å². The van der Waals surface area contributed by atoms with Gasteiger partial charge in [-0.25, -0.2) is 0 Å². The molecule has 0 saturated heterocycles. The van der Waals surface area contributed by atoms with Gasteiger partial charge in [-0.2, -0.15) is 0 Å². The first-order valence-electron chi connectivity index (χ1n) is 5.76. The molecule has 0 bridgehead atoms. The minimum absolute atomic E-state index is 1.06. The molecular formula is C14H18N. The van der Waals surface area contributed by atoms with Crippen LogP contribution in [0.15, 0.2) is 24.3 Å². The topological polar surface area (TPSA) is 12.0 Å². The van der Waals surface area contributed by atoms with E-state index in [2.05, 4.69) is 42.6 Å². The molecule has 1 aromatic carbocycles. The van der Waals surface area contributed by atoms with Crippen LogP contribution in [-0.4, -0.2) is 6.54 Å². The molecular weight excluding hydrogens is 182 g/mol. The highest BCUT2D eigenvalue weighted by molar-refractivity contribution is 5.94. The van der Waals surface area contributed by atoms with E-state index in [0.717, 1.165) is 13.0 Å². The summed E-state index contributed by atoms with van der Waals surface area (Å²) >= 11 is 0. The Morgan fingerprint density at radius 2 is 1.93 bits per heavy atom. The molecule has 1 heteroatoms. The van der Waals surface area contributed by atoms with E-state index in [9.17, 15) is 0 Å². The predicted molar refractivity (Wildman–Crippen MR) is 66.1 cm³/mol. The van der Waals surface area contributed by atoms with Gasteiger partial charge in [-0.3, -0.25) is 0 Å². The Morgan fingerprint density at radius 3 is 2.73 bits per heavy atom. The zero-order chi connectivity index (χ0) is 10.5. The van der Waals surface area contributed by atoms with E-state index in [-0.39, 0.29) is 0 Å². The highest BCUT2D eigenvalue weighted by Gasteiger charge is 2.13. The second-order valence-corrected chi connectivity index (χ2v) is 3.99. The summed E-state index contributed by atoms with van der Waals surface area (Å²) in [5.74, 6) is 0. The molecule has 0 heterocycles. The number of benzene rings is 1. The second-order valence-electron chi connectivity index (χ2n) is 3.99. The molecule has 79 valence electrons. The van der Waals surface area contributed by atoms with Gasteiger partial charge in [-0.05, 0) is 18.1 Å². The summed E-state index contributed by atoms with van der Waals surface area (Å²) in [6.45, 7) is 4.93. The van der Waals surface area contributed by atoms with Crippen molar-refractivity contribution in [1.29, 1.82) is 0 Å². The number of rotatable bonds is 6. The maximum atomic E-state index is 3.84. The van der Waals surface area contributed by atoms with Gasteiger partial charge in [0.2, 0.25) is 0 Å². The van der Waals surface area contributed by atoms with Crippen LogP contribution < -0.4 is 5.32 Å². The molecule has 0 aromatic heterocycles. The standard InChI is InChI=1S/C14H18N/c1-2-3-4-7-10-15-14-11-12-8-5-6-9-13(12)14/h5-6,8-9,11,15H,1-4,7,10H2. The molecule has 0 spiro atoms. The van der Waals surface area contributed by atoms with Crippen molar-refractivity contribution in [2.75, 3.05) is 6.54 Å². The van der Waals surface area contributed by atoms with Crippen molar-refractivity contribution in [2.24, 2.45) is 0 Å². The lowest BCUT2D eigenvalue weighted by Gasteiger charge is -2.21. The molecule has 0 aliphatic heterocycles. The van der Waals surface area contributed by atoms with Crippen LogP contribution in [-0.2, 0) is 0 Å².